The van der Waals surface area contributed by atoms with Crippen molar-refractivity contribution in [2.45, 2.75) is 31.8 Å². The number of rotatable bonds is 11. The lowest BCUT2D eigenvalue weighted by Gasteiger charge is -2.29. The summed E-state index contributed by atoms with van der Waals surface area (Å²) >= 11 is 1.09. The lowest BCUT2D eigenvalue weighted by molar-refractivity contribution is -0.134. The zero-order chi connectivity index (χ0) is 27.2. The first-order valence-electron chi connectivity index (χ1n) is 12.0. The van der Waals surface area contributed by atoms with E-state index in [4.69, 9.17) is 9.47 Å². The van der Waals surface area contributed by atoms with Crippen LogP contribution in [0.5, 0.6) is 5.75 Å². The van der Waals surface area contributed by atoms with Crippen LogP contribution in [0.4, 0.5) is 9.93 Å². The number of urea groups is 1. The average molecular weight is 537 g/mol. The van der Waals surface area contributed by atoms with E-state index in [9.17, 15) is 19.2 Å². The molecule has 1 aromatic heterocycles. The largest absolute Gasteiger partial charge is 0.491 e. The highest BCUT2D eigenvalue weighted by molar-refractivity contribution is 7.14. The monoisotopic (exact) mass is 536 g/mol. The maximum atomic E-state index is 13.6. The Labute approximate surface area is 224 Å². The molecule has 0 spiro atoms. The highest BCUT2D eigenvalue weighted by Crippen LogP contribution is 2.32. The third kappa shape index (κ3) is 5.90. The van der Waals surface area contributed by atoms with Gasteiger partial charge < -0.3 is 20.1 Å². The molecule has 3 aromatic rings. The maximum Gasteiger partial charge on any atom is 0.325 e. The fraction of sp³-hybridized carbons (Fsp3) is 0.296. The van der Waals surface area contributed by atoms with Gasteiger partial charge in [-0.1, -0.05) is 49.4 Å². The molecule has 4 rings (SSSR count). The van der Waals surface area contributed by atoms with Crippen LogP contribution in [0.3, 0.4) is 0 Å². The number of imide groups is 1. The Hall–Kier alpha value is -4.09. The molecule has 1 aliphatic rings. The van der Waals surface area contributed by atoms with E-state index in [0.29, 0.717) is 24.5 Å². The van der Waals surface area contributed by atoms with Gasteiger partial charge in [0.15, 0.2) is 10.9 Å². The van der Waals surface area contributed by atoms with Gasteiger partial charge in [0.25, 0.3) is 5.91 Å². The van der Waals surface area contributed by atoms with Crippen LogP contribution in [0.1, 0.15) is 47.4 Å². The molecule has 198 valence electrons. The van der Waals surface area contributed by atoms with Gasteiger partial charge in [0, 0.05) is 25.3 Å². The zero-order valence-corrected chi connectivity index (χ0v) is 22.0. The molecule has 0 bridgehead atoms. The number of carbonyl (C=O) groups excluding carboxylic acids is 4. The molecule has 1 aliphatic heterocycles. The van der Waals surface area contributed by atoms with E-state index in [2.05, 4.69) is 15.6 Å². The highest BCUT2D eigenvalue weighted by atomic mass is 32.1. The molecule has 0 aliphatic carbocycles. The molecule has 38 heavy (non-hydrogen) atoms. The third-order valence-electron chi connectivity index (χ3n) is 6.18. The molecule has 10 nitrogen and oxygen atoms in total. The van der Waals surface area contributed by atoms with E-state index in [1.807, 2.05) is 30.3 Å². The van der Waals surface area contributed by atoms with Gasteiger partial charge in [-0.05, 0) is 23.3 Å². The normalized spacial score (nSPS) is 16.6. The summed E-state index contributed by atoms with van der Waals surface area (Å²) in [6.07, 6.45) is 0. The Kier molecular flexibility index (Phi) is 8.49. The molecule has 4 amide bonds. The van der Waals surface area contributed by atoms with Crippen molar-refractivity contribution in [1.29, 1.82) is 0 Å². The van der Waals surface area contributed by atoms with Crippen molar-refractivity contribution >= 4 is 40.1 Å². The van der Waals surface area contributed by atoms with Gasteiger partial charge in [0.1, 0.15) is 30.1 Å². The molecule has 11 heteroatoms. The van der Waals surface area contributed by atoms with Gasteiger partial charge in [-0.15, -0.1) is 11.3 Å². The van der Waals surface area contributed by atoms with Gasteiger partial charge in [0.05, 0.1) is 6.61 Å². The van der Waals surface area contributed by atoms with Gasteiger partial charge >= 0.3 is 6.03 Å². The van der Waals surface area contributed by atoms with Gasteiger partial charge in [0.2, 0.25) is 5.91 Å². The van der Waals surface area contributed by atoms with Crippen LogP contribution in [0.25, 0.3) is 0 Å². The zero-order valence-electron chi connectivity index (χ0n) is 21.2. The SMILES string of the molecule is COCCOc1ccc(C2NC(=O)N([C@H](C(=O)Nc3nc(C(C)=O)cs3)[C@@H](C)c3ccccc3)C2=O)cc1. The van der Waals surface area contributed by atoms with Crippen LogP contribution in [0.15, 0.2) is 60.0 Å². The number of anilines is 1. The van der Waals surface area contributed by atoms with Crippen molar-refractivity contribution < 1.29 is 28.7 Å². The number of hydrogen-bond donors (Lipinski definition) is 2. The first-order chi connectivity index (χ1) is 18.3. The van der Waals surface area contributed by atoms with Crippen LogP contribution in [0.2, 0.25) is 0 Å². The van der Waals surface area contributed by atoms with Crippen LogP contribution >= 0.6 is 11.3 Å². The van der Waals surface area contributed by atoms with Crippen molar-refractivity contribution in [3.8, 4) is 5.75 Å². The molecule has 2 heterocycles. The number of methoxy groups -OCH3 is 1. The van der Waals surface area contributed by atoms with Crippen molar-refractivity contribution in [1.82, 2.24) is 15.2 Å². The summed E-state index contributed by atoms with van der Waals surface area (Å²) in [5.41, 5.74) is 1.56. The van der Waals surface area contributed by atoms with Gasteiger partial charge in [-0.25, -0.2) is 14.7 Å². The number of nitrogens with one attached hydrogen (secondary N) is 2. The first kappa shape index (κ1) is 27.0. The Morgan fingerprint density at radius 2 is 1.82 bits per heavy atom. The first-order valence-corrected chi connectivity index (χ1v) is 12.9. The van der Waals surface area contributed by atoms with Crippen LogP contribution in [-0.4, -0.2) is 59.9 Å². The number of ketones is 1. The summed E-state index contributed by atoms with van der Waals surface area (Å²) in [5, 5.41) is 7.14. The van der Waals surface area contributed by atoms with Crippen molar-refractivity contribution in [3.63, 3.8) is 0 Å². The Bertz CT molecular complexity index is 1310. The second kappa shape index (κ2) is 12.0. The number of carbonyl (C=O) groups is 4. The number of thiazole rings is 1. The summed E-state index contributed by atoms with van der Waals surface area (Å²) in [6.45, 7) is 3.98. The lowest BCUT2D eigenvalue weighted by Crippen LogP contribution is -2.50. The predicted molar refractivity (Wildman–Crippen MR) is 141 cm³/mol. The van der Waals surface area contributed by atoms with E-state index in [1.165, 1.54) is 6.92 Å². The molecular weight excluding hydrogens is 508 g/mol. The van der Waals surface area contributed by atoms with Crippen LogP contribution in [-0.2, 0) is 14.3 Å². The quantitative estimate of drug-likeness (QED) is 0.217. The lowest BCUT2D eigenvalue weighted by atomic mass is 9.91. The number of ether oxygens (including phenoxy) is 2. The molecule has 1 saturated heterocycles. The fourth-order valence-corrected chi connectivity index (χ4v) is 4.91. The van der Waals surface area contributed by atoms with E-state index in [-0.39, 0.29) is 16.6 Å². The fourth-order valence-electron chi connectivity index (χ4n) is 4.16. The standard InChI is InChI=1S/C27H28N4O6S/c1-16(18-7-5-4-6-8-18)23(24(33)30-26-28-21(15-38-26)17(2)32)31-25(34)22(29-27(31)35)19-9-11-20(12-10-19)37-14-13-36-3/h4-12,15-16,22-23H,13-14H2,1-3H3,(H,29,35)(H,28,30,33)/t16-,22?,23-/m0/s1. The number of hydrogen-bond acceptors (Lipinski definition) is 8. The number of nitrogens with zero attached hydrogens (tertiary/aromatic N) is 2. The smallest absolute Gasteiger partial charge is 0.325 e. The van der Waals surface area contributed by atoms with Gasteiger partial charge in [-0.3, -0.25) is 14.4 Å². The third-order valence-corrected chi connectivity index (χ3v) is 6.94. The molecule has 0 radical (unpaired) electrons. The van der Waals surface area contributed by atoms with Crippen LogP contribution in [0, 0.1) is 0 Å². The molecule has 2 N–H and O–H groups in total. The Morgan fingerprint density at radius 3 is 2.45 bits per heavy atom. The number of amides is 4. The number of benzene rings is 2. The molecular formula is C27H28N4O6S. The number of Topliss-reactive ketones (excluding diaryl/α,β-unsaturated/α-hetero) is 1. The van der Waals surface area contributed by atoms with Crippen molar-refractivity contribution in [2.75, 3.05) is 25.6 Å². The minimum Gasteiger partial charge on any atom is -0.491 e. The van der Waals surface area contributed by atoms with E-state index in [1.54, 1.807) is 43.7 Å². The molecule has 1 fully saturated rings. The van der Waals surface area contributed by atoms with E-state index < -0.39 is 35.8 Å². The van der Waals surface area contributed by atoms with E-state index in [0.717, 1.165) is 21.8 Å². The Morgan fingerprint density at radius 1 is 1.11 bits per heavy atom. The van der Waals surface area contributed by atoms with Gasteiger partial charge in [-0.2, -0.15) is 0 Å². The minimum atomic E-state index is -1.17. The van der Waals surface area contributed by atoms with Crippen molar-refractivity contribution in [3.05, 3.63) is 76.8 Å². The highest BCUT2D eigenvalue weighted by Gasteiger charge is 2.47. The second-order valence-corrected chi connectivity index (χ2v) is 9.59. The summed E-state index contributed by atoms with van der Waals surface area (Å²) in [5.74, 6) is -1.30. The second-order valence-electron chi connectivity index (χ2n) is 8.73. The summed E-state index contributed by atoms with van der Waals surface area (Å²) in [6, 6.07) is 13.2. The summed E-state index contributed by atoms with van der Waals surface area (Å²) in [4.78, 5) is 57.1. The van der Waals surface area contributed by atoms with Crippen LogP contribution < -0.4 is 15.4 Å². The minimum absolute atomic E-state index is 0.207. The summed E-state index contributed by atoms with van der Waals surface area (Å²) in [7, 11) is 1.58. The topological polar surface area (TPSA) is 127 Å². The average Bonchev–Trinajstić information content (AvgIpc) is 3.50. The number of aromatic nitrogens is 1. The maximum absolute atomic E-state index is 13.6. The predicted octanol–water partition coefficient (Wildman–Crippen LogP) is 3.77. The Balaban J connectivity index is 1.60. The summed E-state index contributed by atoms with van der Waals surface area (Å²) < 4.78 is 10.5. The molecule has 1 unspecified atom stereocenters. The molecule has 3 atom stereocenters. The molecule has 2 aromatic carbocycles. The van der Waals surface area contributed by atoms with Crippen molar-refractivity contribution in [2.24, 2.45) is 0 Å². The molecule has 0 saturated carbocycles. The van der Waals surface area contributed by atoms with E-state index >= 15 is 0 Å².